The van der Waals surface area contributed by atoms with Crippen LogP contribution in [0.25, 0.3) is 11.0 Å². The molecule has 114 valence electrons. The molecule has 1 aliphatic heterocycles. The van der Waals surface area contributed by atoms with Crippen molar-refractivity contribution < 1.29 is 4.42 Å². The maximum Gasteiger partial charge on any atom is 0.134 e. The Bertz CT molecular complexity index is 620. The van der Waals surface area contributed by atoms with Crippen LogP contribution in [0.15, 0.2) is 28.7 Å². The molecule has 3 rings (SSSR count). The largest absolute Gasteiger partial charge is 0.459 e. The van der Waals surface area contributed by atoms with E-state index in [4.69, 9.17) is 10.2 Å². The molecule has 2 heterocycles. The molecule has 2 unspecified atom stereocenters. The fourth-order valence-corrected chi connectivity index (χ4v) is 3.56. The highest BCUT2D eigenvalue weighted by Gasteiger charge is 2.31. The smallest absolute Gasteiger partial charge is 0.134 e. The van der Waals surface area contributed by atoms with Crippen LogP contribution in [-0.4, -0.2) is 43.0 Å². The summed E-state index contributed by atoms with van der Waals surface area (Å²) in [6, 6.07) is 8.86. The molecular weight excluding hydrogens is 262 g/mol. The molecule has 1 aromatic heterocycles. The Morgan fingerprint density at radius 1 is 1.29 bits per heavy atom. The van der Waals surface area contributed by atoms with Gasteiger partial charge in [-0.2, -0.15) is 0 Å². The number of nitrogens with zero attached hydrogens (tertiary/aromatic N) is 2. The molecule has 1 fully saturated rings. The van der Waals surface area contributed by atoms with Crippen LogP contribution in [0, 0.1) is 5.92 Å². The second-order valence-corrected chi connectivity index (χ2v) is 6.41. The van der Waals surface area contributed by atoms with Gasteiger partial charge >= 0.3 is 0 Å². The first kappa shape index (κ1) is 14.6. The SMILES string of the molecule is CC1CN(Cc2c(CN)oc3ccccc23)CC1N(C)C. The zero-order chi connectivity index (χ0) is 15.0. The predicted molar refractivity (Wildman–Crippen MR) is 86.0 cm³/mol. The summed E-state index contributed by atoms with van der Waals surface area (Å²) >= 11 is 0. The van der Waals surface area contributed by atoms with Gasteiger partial charge in [0.15, 0.2) is 0 Å². The number of furan rings is 1. The second-order valence-electron chi connectivity index (χ2n) is 6.41. The second kappa shape index (κ2) is 5.79. The van der Waals surface area contributed by atoms with E-state index in [1.165, 1.54) is 10.9 Å². The standard InChI is InChI=1S/C17H25N3O/c1-12-9-20(11-15(12)19(2)3)10-14-13-6-4-5-7-16(13)21-17(14)8-18/h4-7,12,15H,8-11,18H2,1-3H3. The van der Waals surface area contributed by atoms with Gasteiger partial charge in [0.2, 0.25) is 0 Å². The molecule has 4 nitrogen and oxygen atoms in total. The third kappa shape index (κ3) is 2.71. The molecule has 21 heavy (non-hydrogen) atoms. The fraction of sp³-hybridized carbons (Fsp3) is 0.529. The highest BCUT2D eigenvalue weighted by Crippen LogP contribution is 2.29. The zero-order valence-electron chi connectivity index (χ0n) is 13.2. The molecule has 4 heteroatoms. The maximum absolute atomic E-state index is 5.90. The molecular formula is C17H25N3O. The van der Waals surface area contributed by atoms with Crippen LogP contribution in [0.4, 0.5) is 0 Å². The van der Waals surface area contributed by atoms with E-state index in [2.05, 4.69) is 43.0 Å². The van der Waals surface area contributed by atoms with Crippen molar-refractivity contribution in [3.8, 4) is 0 Å². The Hall–Kier alpha value is -1.36. The molecule has 0 aliphatic carbocycles. The zero-order valence-corrected chi connectivity index (χ0v) is 13.2. The molecule has 0 radical (unpaired) electrons. The van der Waals surface area contributed by atoms with E-state index in [1.54, 1.807) is 0 Å². The summed E-state index contributed by atoms with van der Waals surface area (Å²) in [7, 11) is 4.34. The molecule has 0 amide bonds. The normalized spacial score (nSPS) is 23.5. The van der Waals surface area contributed by atoms with Crippen molar-refractivity contribution in [2.45, 2.75) is 26.1 Å². The van der Waals surface area contributed by atoms with Crippen molar-refractivity contribution in [3.63, 3.8) is 0 Å². The van der Waals surface area contributed by atoms with Crippen molar-refractivity contribution in [2.75, 3.05) is 27.2 Å². The van der Waals surface area contributed by atoms with Crippen molar-refractivity contribution in [1.82, 2.24) is 9.80 Å². The van der Waals surface area contributed by atoms with E-state index in [1.807, 2.05) is 12.1 Å². The average Bonchev–Trinajstić information content (AvgIpc) is 3.00. The summed E-state index contributed by atoms with van der Waals surface area (Å²) in [4.78, 5) is 4.85. The first-order valence-corrected chi connectivity index (χ1v) is 7.68. The molecule has 0 spiro atoms. The topological polar surface area (TPSA) is 45.6 Å². The lowest BCUT2D eigenvalue weighted by molar-refractivity contribution is 0.250. The molecule has 2 atom stereocenters. The van der Waals surface area contributed by atoms with Crippen LogP contribution in [0.3, 0.4) is 0 Å². The van der Waals surface area contributed by atoms with Crippen LogP contribution >= 0.6 is 0 Å². The quantitative estimate of drug-likeness (QED) is 0.937. The minimum Gasteiger partial charge on any atom is -0.459 e. The van der Waals surface area contributed by atoms with Gasteiger partial charge in [0, 0.05) is 36.6 Å². The molecule has 0 bridgehead atoms. The van der Waals surface area contributed by atoms with Gasteiger partial charge in [0.25, 0.3) is 0 Å². The van der Waals surface area contributed by atoms with Crippen molar-refractivity contribution in [2.24, 2.45) is 11.7 Å². The Morgan fingerprint density at radius 3 is 2.71 bits per heavy atom. The van der Waals surface area contributed by atoms with Gasteiger partial charge in [-0.05, 0) is 26.1 Å². The molecule has 0 saturated carbocycles. The van der Waals surface area contributed by atoms with E-state index in [-0.39, 0.29) is 0 Å². The van der Waals surface area contributed by atoms with E-state index >= 15 is 0 Å². The number of likely N-dealkylation sites (tertiary alicyclic amines) is 1. The van der Waals surface area contributed by atoms with Crippen LogP contribution in [0.2, 0.25) is 0 Å². The van der Waals surface area contributed by atoms with E-state index in [9.17, 15) is 0 Å². The number of hydrogen-bond donors (Lipinski definition) is 1. The number of likely N-dealkylation sites (N-methyl/N-ethyl adjacent to an activating group) is 1. The van der Waals surface area contributed by atoms with Crippen molar-refractivity contribution >= 4 is 11.0 Å². The van der Waals surface area contributed by atoms with E-state index < -0.39 is 0 Å². The highest BCUT2D eigenvalue weighted by molar-refractivity contribution is 5.82. The number of rotatable bonds is 4. The summed E-state index contributed by atoms with van der Waals surface area (Å²) < 4.78 is 5.90. The lowest BCUT2D eigenvalue weighted by Gasteiger charge is -2.22. The van der Waals surface area contributed by atoms with E-state index in [0.717, 1.165) is 31.0 Å². The van der Waals surface area contributed by atoms with Gasteiger partial charge in [-0.3, -0.25) is 4.90 Å². The Labute approximate surface area is 126 Å². The summed E-state index contributed by atoms with van der Waals surface area (Å²) in [6.07, 6.45) is 0. The number of nitrogens with two attached hydrogens (primary N) is 1. The lowest BCUT2D eigenvalue weighted by Crippen LogP contribution is -2.34. The van der Waals surface area contributed by atoms with Gasteiger partial charge in [-0.25, -0.2) is 0 Å². The molecule has 1 aromatic carbocycles. The average molecular weight is 287 g/mol. The van der Waals surface area contributed by atoms with Gasteiger partial charge in [0.05, 0.1) is 6.54 Å². The molecule has 1 saturated heterocycles. The van der Waals surface area contributed by atoms with Gasteiger partial charge in [-0.15, -0.1) is 0 Å². The summed E-state index contributed by atoms with van der Waals surface area (Å²) in [5, 5.41) is 1.21. The summed E-state index contributed by atoms with van der Waals surface area (Å²) in [5.74, 6) is 1.62. The number of hydrogen-bond acceptors (Lipinski definition) is 4. The third-order valence-corrected chi connectivity index (χ3v) is 4.66. The minimum atomic E-state index is 0.463. The monoisotopic (exact) mass is 287 g/mol. The molecule has 1 aliphatic rings. The van der Waals surface area contributed by atoms with Gasteiger partial charge in [-0.1, -0.05) is 25.1 Å². The number of benzene rings is 1. The summed E-state index contributed by atoms with van der Waals surface area (Å²) in [5.41, 5.74) is 8.08. The van der Waals surface area contributed by atoms with Crippen LogP contribution < -0.4 is 5.73 Å². The Balaban J connectivity index is 1.85. The first-order chi connectivity index (χ1) is 10.1. The van der Waals surface area contributed by atoms with E-state index in [0.29, 0.717) is 18.5 Å². The Morgan fingerprint density at radius 2 is 2.05 bits per heavy atom. The van der Waals surface area contributed by atoms with Gasteiger partial charge < -0.3 is 15.1 Å². The Kier molecular flexibility index (Phi) is 4.02. The fourth-order valence-electron chi connectivity index (χ4n) is 3.56. The number of fused-ring (bicyclic) bond motifs is 1. The van der Waals surface area contributed by atoms with Crippen molar-refractivity contribution in [3.05, 3.63) is 35.6 Å². The lowest BCUT2D eigenvalue weighted by atomic mass is 10.1. The van der Waals surface area contributed by atoms with Crippen molar-refractivity contribution in [1.29, 1.82) is 0 Å². The van der Waals surface area contributed by atoms with Crippen LogP contribution in [-0.2, 0) is 13.1 Å². The summed E-state index contributed by atoms with van der Waals surface area (Å²) in [6.45, 7) is 5.97. The highest BCUT2D eigenvalue weighted by atomic mass is 16.3. The number of para-hydroxylation sites is 1. The van der Waals surface area contributed by atoms with Crippen LogP contribution in [0.5, 0.6) is 0 Å². The molecule has 2 N–H and O–H groups in total. The molecule has 2 aromatic rings. The van der Waals surface area contributed by atoms with Crippen LogP contribution in [0.1, 0.15) is 18.2 Å². The first-order valence-electron chi connectivity index (χ1n) is 7.68. The maximum atomic E-state index is 5.90. The predicted octanol–water partition coefficient (Wildman–Crippen LogP) is 2.27. The third-order valence-electron chi connectivity index (χ3n) is 4.66. The van der Waals surface area contributed by atoms with Gasteiger partial charge in [0.1, 0.15) is 11.3 Å². The minimum absolute atomic E-state index is 0.463.